The Balaban J connectivity index is 3.19. The van der Waals surface area contributed by atoms with Gasteiger partial charge in [-0.1, -0.05) is 0 Å². The summed E-state index contributed by atoms with van der Waals surface area (Å²) in [4.78, 5) is 0. The number of nitrogens with zero attached hydrogens (tertiary/aromatic N) is 1. The second-order valence-electron chi connectivity index (χ2n) is 1.44. The highest BCUT2D eigenvalue weighted by molar-refractivity contribution is 4.99. The Kier molecular flexibility index (Phi) is 1.00. The summed E-state index contributed by atoms with van der Waals surface area (Å²) in [6, 6.07) is 0. The highest BCUT2D eigenvalue weighted by Gasteiger charge is 2.05. The maximum absolute atomic E-state index is 12.0. The number of halogens is 2. The van der Waals surface area contributed by atoms with Crippen molar-refractivity contribution in [3.8, 4) is 0 Å². The minimum atomic E-state index is -0.998. The van der Waals surface area contributed by atoms with Gasteiger partial charge in [0.05, 0.1) is 5.69 Å². The van der Waals surface area contributed by atoms with E-state index in [1.165, 1.54) is 6.92 Å². The van der Waals surface area contributed by atoms with E-state index < -0.39 is 11.8 Å². The lowest BCUT2D eigenvalue weighted by Crippen LogP contribution is -1.76. The Morgan fingerprint density at radius 3 is 2.25 bits per heavy atom. The number of aromatic nitrogens is 2. The molecule has 8 heavy (non-hydrogen) atoms. The summed E-state index contributed by atoms with van der Waals surface area (Å²) < 4.78 is 23.9. The molecule has 1 rings (SSSR count). The van der Waals surface area contributed by atoms with Crippen LogP contribution in [0.25, 0.3) is 0 Å². The number of nitrogens with one attached hydrogen (secondary N) is 1. The van der Waals surface area contributed by atoms with Gasteiger partial charge in [0.1, 0.15) is 0 Å². The van der Waals surface area contributed by atoms with Gasteiger partial charge in [-0.3, -0.25) is 5.10 Å². The predicted molar refractivity (Wildman–Crippen MR) is 23.2 cm³/mol. The lowest BCUT2D eigenvalue weighted by Gasteiger charge is -1.75. The Hall–Kier alpha value is -0.930. The smallest absolute Gasteiger partial charge is 0.245 e. The third-order valence-electron chi connectivity index (χ3n) is 0.832. The molecule has 0 saturated heterocycles. The van der Waals surface area contributed by atoms with Crippen molar-refractivity contribution in [3.05, 3.63) is 17.5 Å². The van der Waals surface area contributed by atoms with Gasteiger partial charge < -0.3 is 0 Å². The van der Waals surface area contributed by atoms with E-state index in [1.807, 2.05) is 5.10 Å². The molecule has 0 amide bonds. The highest BCUT2D eigenvalue weighted by Crippen LogP contribution is 2.03. The van der Waals surface area contributed by atoms with Crippen LogP contribution in [0, 0.1) is 18.7 Å². The minimum absolute atomic E-state index is 0.0579. The van der Waals surface area contributed by atoms with Gasteiger partial charge >= 0.3 is 0 Å². The molecule has 1 N–H and O–H groups in total. The van der Waals surface area contributed by atoms with Gasteiger partial charge in [-0.15, -0.1) is 0 Å². The van der Waals surface area contributed by atoms with Gasteiger partial charge in [-0.05, 0) is 6.92 Å². The number of hydrogen-bond donors (Lipinski definition) is 1. The molecule has 0 aliphatic carbocycles. The number of aromatic amines is 1. The first-order chi connectivity index (χ1) is 3.72. The van der Waals surface area contributed by atoms with Gasteiger partial charge in [-0.25, -0.2) is 0 Å². The standard InChI is InChI=1S/C4H4F2N2/c1-2-3(5)4(6)8-7-2/h1H3,(H,7,8). The first-order valence-corrected chi connectivity index (χ1v) is 2.08. The largest absolute Gasteiger partial charge is 0.250 e. The molecule has 0 aliphatic heterocycles. The summed E-state index contributed by atoms with van der Waals surface area (Å²) in [6.07, 6.45) is 0. The average Bonchev–Trinajstić information content (AvgIpc) is 1.98. The average molecular weight is 118 g/mol. The zero-order chi connectivity index (χ0) is 6.15. The summed E-state index contributed by atoms with van der Waals surface area (Å²) in [5, 5.41) is 5.09. The second kappa shape index (κ2) is 1.54. The number of rotatable bonds is 0. The van der Waals surface area contributed by atoms with Crippen LogP contribution in [-0.4, -0.2) is 10.2 Å². The molecule has 0 atom stereocenters. The molecule has 0 fully saturated rings. The van der Waals surface area contributed by atoms with E-state index in [9.17, 15) is 8.78 Å². The lowest BCUT2D eigenvalue weighted by molar-refractivity contribution is 0.488. The first-order valence-electron chi connectivity index (χ1n) is 2.08. The van der Waals surface area contributed by atoms with Crippen molar-refractivity contribution in [2.75, 3.05) is 0 Å². The molecule has 2 nitrogen and oxygen atoms in total. The Morgan fingerprint density at radius 1 is 1.50 bits per heavy atom. The van der Waals surface area contributed by atoms with E-state index in [4.69, 9.17) is 0 Å². The molecular formula is C4H4F2N2. The zero-order valence-electron chi connectivity index (χ0n) is 4.20. The minimum Gasteiger partial charge on any atom is -0.250 e. The molecule has 0 aromatic carbocycles. The molecule has 1 aromatic rings. The Bertz CT molecular complexity index is 174. The van der Waals surface area contributed by atoms with Crippen LogP contribution >= 0.6 is 0 Å². The van der Waals surface area contributed by atoms with Gasteiger partial charge in [-0.2, -0.15) is 13.9 Å². The Morgan fingerprint density at radius 2 is 2.12 bits per heavy atom. The van der Waals surface area contributed by atoms with E-state index in [1.54, 1.807) is 0 Å². The first kappa shape index (κ1) is 5.21. The summed E-state index contributed by atoms with van der Waals surface area (Å²) in [5.41, 5.74) is 0.0579. The van der Waals surface area contributed by atoms with Gasteiger partial charge in [0.25, 0.3) is 0 Å². The van der Waals surface area contributed by atoms with Gasteiger partial charge in [0.2, 0.25) is 5.95 Å². The summed E-state index contributed by atoms with van der Waals surface area (Å²) in [7, 11) is 0. The van der Waals surface area contributed by atoms with Crippen LogP contribution < -0.4 is 0 Å². The molecule has 0 unspecified atom stereocenters. The monoisotopic (exact) mass is 118 g/mol. The Labute approximate surface area is 44.5 Å². The van der Waals surface area contributed by atoms with E-state index in [2.05, 4.69) is 5.10 Å². The summed E-state index contributed by atoms with van der Waals surface area (Å²) in [5.74, 6) is -1.90. The van der Waals surface area contributed by atoms with Crippen molar-refractivity contribution in [1.82, 2.24) is 10.2 Å². The van der Waals surface area contributed by atoms with Crippen LogP contribution in [0.3, 0.4) is 0 Å². The fourth-order valence-electron chi connectivity index (χ4n) is 0.390. The van der Waals surface area contributed by atoms with E-state index in [0.717, 1.165) is 0 Å². The van der Waals surface area contributed by atoms with Crippen LogP contribution in [0.5, 0.6) is 0 Å². The quantitative estimate of drug-likeness (QED) is 0.540. The molecule has 0 bridgehead atoms. The van der Waals surface area contributed by atoms with E-state index >= 15 is 0 Å². The zero-order valence-corrected chi connectivity index (χ0v) is 4.20. The fourth-order valence-corrected chi connectivity index (χ4v) is 0.390. The van der Waals surface area contributed by atoms with E-state index in [0.29, 0.717) is 0 Å². The molecule has 4 heteroatoms. The van der Waals surface area contributed by atoms with Crippen molar-refractivity contribution >= 4 is 0 Å². The predicted octanol–water partition coefficient (Wildman–Crippen LogP) is 0.996. The molecule has 0 aliphatic rings. The topological polar surface area (TPSA) is 28.7 Å². The number of H-pyrrole nitrogens is 1. The van der Waals surface area contributed by atoms with Crippen LogP contribution in [0.1, 0.15) is 5.69 Å². The second-order valence-corrected chi connectivity index (χ2v) is 1.44. The number of aryl methyl sites for hydroxylation is 1. The molecule has 0 saturated carbocycles. The van der Waals surface area contributed by atoms with Crippen LogP contribution in [0.2, 0.25) is 0 Å². The van der Waals surface area contributed by atoms with Crippen molar-refractivity contribution in [2.45, 2.75) is 6.92 Å². The van der Waals surface area contributed by atoms with Crippen molar-refractivity contribution in [2.24, 2.45) is 0 Å². The van der Waals surface area contributed by atoms with Crippen LogP contribution in [0.15, 0.2) is 0 Å². The third-order valence-corrected chi connectivity index (χ3v) is 0.832. The maximum atomic E-state index is 12.0. The van der Waals surface area contributed by atoms with E-state index in [-0.39, 0.29) is 5.69 Å². The number of hydrogen-bond acceptors (Lipinski definition) is 1. The molecule has 1 aromatic heterocycles. The summed E-state index contributed by atoms with van der Waals surface area (Å²) in [6.45, 7) is 1.38. The van der Waals surface area contributed by atoms with Gasteiger partial charge in [0.15, 0.2) is 5.82 Å². The molecule has 0 radical (unpaired) electrons. The maximum Gasteiger partial charge on any atom is 0.245 e. The molecule has 44 valence electrons. The normalized spacial score (nSPS) is 9.88. The van der Waals surface area contributed by atoms with Crippen LogP contribution in [-0.2, 0) is 0 Å². The molecule has 0 spiro atoms. The van der Waals surface area contributed by atoms with Gasteiger partial charge in [0, 0.05) is 0 Å². The SMILES string of the molecule is Cc1n[nH]c(F)c1F. The fraction of sp³-hybridized carbons (Fsp3) is 0.250. The van der Waals surface area contributed by atoms with Crippen molar-refractivity contribution < 1.29 is 8.78 Å². The summed E-state index contributed by atoms with van der Waals surface area (Å²) >= 11 is 0. The highest BCUT2D eigenvalue weighted by atomic mass is 19.2. The van der Waals surface area contributed by atoms with Crippen molar-refractivity contribution in [3.63, 3.8) is 0 Å². The molecular weight excluding hydrogens is 114 g/mol. The van der Waals surface area contributed by atoms with Crippen molar-refractivity contribution in [1.29, 1.82) is 0 Å². The lowest BCUT2D eigenvalue weighted by atomic mass is 10.5. The molecule has 1 heterocycles. The van der Waals surface area contributed by atoms with Crippen LogP contribution in [0.4, 0.5) is 8.78 Å². The third kappa shape index (κ3) is 0.576.